The molecule has 0 aromatic heterocycles. The lowest BCUT2D eigenvalue weighted by Crippen LogP contribution is -2.32. The summed E-state index contributed by atoms with van der Waals surface area (Å²) in [5, 5.41) is 5.66. The van der Waals surface area contributed by atoms with Crippen LogP contribution >= 0.6 is 0 Å². The van der Waals surface area contributed by atoms with Crippen molar-refractivity contribution in [2.75, 3.05) is 18.4 Å². The number of anilines is 1. The highest BCUT2D eigenvalue weighted by Gasteiger charge is 2.34. The standard InChI is InChI=1S/C21H29NO.C12H12F4N2O.C4H10.C2H6/c1-15-9-11-20(21(23)18-7-4-8-18)13-19(15)12-10-16(2)22-14-17-5-3-6-17;13-10-7-8(3-4-9(10)12(14,15)16)17-11(19)18-5-1-2-6-18;1-3-4-2;1-2/h10,12,14,18,20,22H,2-9,11,13H2,1H3;3-4,7H,1-2,5-6H2,(H,17,19);3-4H2,1-2H3;1-2H3/b12-10-;;;. The second kappa shape index (κ2) is 20.9. The van der Waals surface area contributed by atoms with Gasteiger partial charge in [-0.1, -0.05) is 70.8 Å². The van der Waals surface area contributed by atoms with Crippen molar-refractivity contribution in [1.29, 1.82) is 0 Å². The summed E-state index contributed by atoms with van der Waals surface area (Å²) in [5.41, 5.74) is 3.86. The molecule has 3 aliphatic carbocycles. The monoisotopic (exact) mass is 675 g/mol. The summed E-state index contributed by atoms with van der Waals surface area (Å²) < 4.78 is 50.3. The fourth-order valence-electron chi connectivity index (χ4n) is 5.49. The van der Waals surface area contributed by atoms with Gasteiger partial charge in [0, 0.05) is 42.5 Å². The number of Topliss-reactive ketones (excluding diaryl/α,β-unsaturated/α-hetero) is 1. The van der Waals surface area contributed by atoms with Crippen molar-refractivity contribution in [1.82, 2.24) is 10.2 Å². The molecule has 2 N–H and O–H groups in total. The number of unbranched alkanes of at least 4 members (excludes halogenated alkanes) is 1. The lowest BCUT2D eigenvalue weighted by atomic mass is 9.72. The van der Waals surface area contributed by atoms with Gasteiger partial charge in [0.05, 0.1) is 5.56 Å². The van der Waals surface area contributed by atoms with Crippen molar-refractivity contribution in [2.24, 2.45) is 11.8 Å². The van der Waals surface area contributed by atoms with Crippen LogP contribution in [-0.4, -0.2) is 29.8 Å². The van der Waals surface area contributed by atoms with E-state index in [2.05, 4.69) is 56.3 Å². The smallest absolute Gasteiger partial charge is 0.362 e. The Balaban J connectivity index is 0.000000291. The van der Waals surface area contributed by atoms with Crippen molar-refractivity contribution >= 4 is 17.5 Å². The highest BCUT2D eigenvalue weighted by atomic mass is 19.4. The van der Waals surface area contributed by atoms with Crippen molar-refractivity contribution in [3.63, 3.8) is 0 Å². The fraction of sp³-hybridized carbons (Fsp3) is 0.590. The Morgan fingerprint density at radius 2 is 1.60 bits per heavy atom. The average molecular weight is 676 g/mol. The Kier molecular flexibility index (Phi) is 17.8. The largest absolute Gasteiger partial charge is 0.419 e. The zero-order valence-corrected chi connectivity index (χ0v) is 29.7. The number of alkyl halides is 3. The molecule has 1 aromatic carbocycles. The number of hydrogen-bond donors (Lipinski definition) is 2. The van der Waals surface area contributed by atoms with Gasteiger partial charge in [0.2, 0.25) is 0 Å². The summed E-state index contributed by atoms with van der Waals surface area (Å²) in [7, 11) is 0. The van der Waals surface area contributed by atoms with E-state index in [0.29, 0.717) is 36.9 Å². The molecular weight excluding hydrogens is 618 g/mol. The number of allylic oxidation sites excluding steroid dienone is 5. The van der Waals surface area contributed by atoms with Crippen LogP contribution in [0.3, 0.4) is 0 Å². The number of nitrogens with one attached hydrogen (secondary N) is 2. The van der Waals surface area contributed by atoms with Gasteiger partial charge in [-0.3, -0.25) is 4.79 Å². The predicted molar refractivity (Wildman–Crippen MR) is 189 cm³/mol. The number of rotatable bonds is 8. The molecule has 1 unspecified atom stereocenters. The molecule has 1 heterocycles. The molecule has 0 radical (unpaired) electrons. The van der Waals surface area contributed by atoms with Crippen molar-refractivity contribution in [3.05, 3.63) is 76.9 Å². The van der Waals surface area contributed by atoms with Gasteiger partial charge in [-0.05, 0) is 101 Å². The SMILES string of the molecule is C=C(/C=C\C1=C(C)CCC(C(=O)C2CCC2)C1)NC=C1CCC1.CC.CCCC.O=C(Nc1ccc(C(F)(F)F)c(F)c1)N1CCCC1. The minimum Gasteiger partial charge on any atom is -0.362 e. The van der Waals surface area contributed by atoms with Crippen LogP contribution in [0.15, 0.2) is 65.5 Å². The van der Waals surface area contributed by atoms with Crippen LogP contribution in [0.5, 0.6) is 0 Å². The second-order valence-electron chi connectivity index (χ2n) is 12.8. The molecule has 0 spiro atoms. The first-order valence-corrected chi connectivity index (χ1v) is 17.9. The van der Waals surface area contributed by atoms with Gasteiger partial charge < -0.3 is 15.5 Å². The normalized spacial score (nSPS) is 19.0. The fourth-order valence-corrected chi connectivity index (χ4v) is 5.49. The van der Waals surface area contributed by atoms with E-state index >= 15 is 0 Å². The van der Waals surface area contributed by atoms with E-state index in [-0.39, 0.29) is 11.6 Å². The average Bonchev–Trinajstić information content (AvgIpc) is 3.55. The third-order valence-electron chi connectivity index (χ3n) is 9.15. The molecule has 5 nitrogen and oxygen atoms in total. The summed E-state index contributed by atoms with van der Waals surface area (Å²) in [6.45, 7) is 15.8. The Bertz CT molecular complexity index is 1280. The number of likely N-dealkylation sites (tertiary alicyclic amines) is 1. The Morgan fingerprint density at radius 3 is 2.10 bits per heavy atom. The molecule has 1 aliphatic heterocycles. The van der Waals surface area contributed by atoms with Crippen LogP contribution in [0.25, 0.3) is 0 Å². The molecule has 1 aromatic rings. The van der Waals surface area contributed by atoms with Crippen molar-refractivity contribution in [2.45, 2.75) is 124 Å². The van der Waals surface area contributed by atoms with E-state index in [0.717, 1.165) is 56.7 Å². The van der Waals surface area contributed by atoms with Gasteiger partial charge in [0.15, 0.2) is 0 Å². The van der Waals surface area contributed by atoms with Gasteiger partial charge in [0.25, 0.3) is 0 Å². The molecule has 0 bridgehead atoms. The summed E-state index contributed by atoms with van der Waals surface area (Å²) in [6, 6.07) is 1.92. The van der Waals surface area contributed by atoms with Crippen molar-refractivity contribution in [3.8, 4) is 0 Å². The number of nitrogens with zero attached hydrogens (tertiary/aromatic N) is 1. The zero-order valence-electron chi connectivity index (χ0n) is 29.7. The number of benzene rings is 1. The first-order valence-electron chi connectivity index (χ1n) is 17.9. The number of carbonyl (C=O) groups excluding carboxylic acids is 2. The van der Waals surface area contributed by atoms with E-state index in [1.165, 1.54) is 60.1 Å². The third kappa shape index (κ3) is 13.3. The van der Waals surface area contributed by atoms with E-state index in [9.17, 15) is 27.2 Å². The van der Waals surface area contributed by atoms with E-state index in [1.807, 2.05) is 13.8 Å². The molecular formula is C39H57F4N3O2. The lowest BCUT2D eigenvalue weighted by molar-refractivity contribution is -0.140. The molecule has 268 valence electrons. The quantitative estimate of drug-likeness (QED) is 0.213. The second-order valence-corrected chi connectivity index (χ2v) is 12.8. The van der Waals surface area contributed by atoms with Gasteiger partial charge in [0.1, 0.15) is 11.6 Å². The number of amides is 2. The number of urea groups is 1. The maximum absolute atomic E-state index is 13.3. The topological polar surface area (TPSA) is 61.4 Å². The molecule has 48 heavy (non-hydrogen) atoms. The van der Waals surface area contributed by atoms with Crippen LogP contribution in [0, 0.1) is 17.7 Å². The number of hydrogen-bond acceptors (Lipinski definition) is 3. The minimum absolute atomic E-state index is 0.0161. The maximum atomic E-state index is 13.3. The van der Waals surface area contributed by atoms with Crippen LogP contribution in [0.4, 0.5) is 28.0 Å². The van der Waals surface area contributed by atoms with Crippen LogP contribution in [0.2, 0.25) is 0 Å². The van der Waals surface area contributed by atoms with Gasteiger partial charge >= 0.3 is 12.2 Å². The van der Waals surface area contributed by atoms with Crippen LogP contribution in [0.1, 0.15) is 124 Å². The maximum Gasteiger partial charge on any atom is 0.419 e. The molecule has 5 rings (SSSR count). The minimum atomic E-state index is -4.73. The Labute approximate surface area is 286 Å². The third-order valence-corrected chi connectivity index (χ3v) is 9.15. The number of ketones is 1. The summed E-state index contributed by atoms with van der Waals surface area (Å²) in [5.74, 6) is -0.246. The lowest BCUT2D eigenvalue weighted by Gasteiger charge is -2.31. The van der Waals surface area contributed by atoms with E-state index in [1.54, 1.807) is 0 Å². The molecule has 9 heteroatoms. The molecule has 2 amide bonds. The van der Waals surface area contributed by atoms with E-state index in [4.69, 9.17) is 0 Å². The Morgan fingerprint density at radius 1 is 0.958 bits per heavy atom. The molecule has 2 saturated carbocycles. The first kappa shape index (κ1) is 40.8. The van der Waals surface area contributed by atoms with E-state index < -0.39 is 23.6 Å². The number of halogens is 4. The highest BCUT2D eigenvalue weighted by Crippen LogP contribution is 2.37. The molecule has 4 aliphatic rings. The summed E-state index contributed by atoms with van der Waals surface area (Å²) in [6.07, 6.45) is 16.3. The van der Waals surface area contributed by atoms with Crippen LogP contribution < -0.4 is 10.6 Å². The van der Waals surface area contributed by atoms with Gasteiger partial charge in [-0.2, -0.15) is 13.2 Å². The van der Waals surface area contributed by atoms with Gasteiger partial charge in [-0.25, -0.2) is 9.18 Å². The molecule has 1 atom stereocenters. The van der Waals surface area contributed by atoms with Gasteiger partial charge in [-0.15, -0.1) is 0 Å². The zero-order chi connectivity index (χ0) is 35.7. The van der Waals surface area contributed by atoms with Crippen LogP contribution in [-0.2, 0) is 11.0 Å². The van der Waals surface area contributed by atoms with Crippen molar-refractivity contribution < 1.29 is 27.2 Å². The highest BCUT2D eigenvalue weighted by molar-refractivity contribution is 5.89. The first-order chi connectivity index (χ1) is 22.9. The Hall–Kier alpha value is -3.36. The molecule has 3 fully saturated rings. The summed E-state index contributed by atoms with van der Waals surface area (Å²) >= 11 is 0. The summed E-state index contributed by atoms with van der Waals surface area (Å²) in [4.78, 5) is 25.7. The molecule has 1 saturated heterocycles. The predicted octanol–water partition coefficient (Wildman–Crippen LogP) is 11.5. The number of carbonyl (C=O) groups is 2.